The van der Waals surface area contributed by atoms with Crippen LogP contribution >= 0.6 is 11.6 Å². The molecule has 3 nitrogen and oxygen atoms in total. The number of fused-ring (bicyclic) bond motifs is 4. The highest BCUT2D eigenvalue weighted by Crippen LogP contribution is 2.39. The first-order chi connectivity index (χ1) is 9.65. The third-order valence-corrected chi connectivity index (χ3v) is 3.60. The van der Waals surface area contributed by atoms with Crippen molar-refractivity contribution in [3.05, 3.63) is 47.2 Å². The molecule has 0 bridgehead atoms. The van der Waals surface area contributed by atoms with E-state index in [1.165, 1.54) is 18.2 Å². The van der Waals surface area contributed by atoms with Gasteiger partial charge in [-0.05, 0) is 24.3 Å². The third-order valence-electron chi connectivity index (χ3n) is 3.30. The number of aromatic nitrogens is 1. The van der Waals surface area contributed by atoms with Crippen LogP contribution in [0, 0.1) is 5.82 Å². The van der Waals surface area contributed by atoms with E-state index in [2.05, 4.69) is 4.98 Å². The maximum atomic E-state index is 13.3. The molecular formula is C15H7ClFNO2. The Morgan fingerprint density at radius 1 is 1.10 bits per heavy atom. The van der Waals surface area contributed by atoms with Crippen molar-refractivity contribution in [3.8, 4) is 5.75 Å². The first kappa shape index (κ1) is 11.5. The normalized spacial score (nSPS) is 11.7. The molecule has 2 heterocycles. The van der Waals surface area contributed by atoms with Gasteiger partial charge >= 0.3 is 0 Å². The fourth-order valence-electron chi connectivity index (χ4n) is 2.38. The van der Waals surface area contributed by atoms with Gasteiger partial charge in [-0.2, -0.15) is 0 Å². The first-order valence-corrected chi connectivity index (χ1v) is 6.32. The quantitative estimate of drug-likeness (QED) is 0.513. The van der Waals surface area contributed by atoms with Crippen LogP contribution in [0.25, 0.3) is 33.0 Å². The van der Waals surface area contributed by atoms with Crippen molar-refractivity contribution in [2.45, 2.75) is 0 Å². The van der Waals surface area contributed by atoms with Gasteiger partial charge < -0.3 is 9.52 Å². The molecular weight excluding hydrogens is 281 g/mol. The summed E-state index contributed by atoms with van der Waals surface area (Å²) in [5.74, 6) is -0.466. The van der Waals surface area contributed by atoms with Gasteiger partial charge in [0.25, 0.3) is 0 Å². The third kappa shape index (κ3) is 1.42. The van der Waals surface area contributed by atoms with E-state index in [0.29, 0.717) is 32.4 Å². The molecule has 4 aromatic rings. The largest absolute Gasteiger partial charge is 0.504 e. The molecule has 0 aliphatic rings. The van der Waals surface area contributed by atoms with Crippen LogP contribution in [-0.4, -0.2) is 10.1 Å². The maximum absolute atomic E-state index is 13.3. The Labute approximate surface area is 117 Å². The number of pyridine rings is 1. The Balaban J connectivity index is 2.29. The van der Waals surface area contributed by atoms with Crippen molar-refractivity contribution in [1.29, 1.82) is 0 Å². The summed E-state index contributed by atoms with van der Waals surface area (Å²) in [6.45, 7) is 0. The number of nitrogens with zero attached hydrogens (tertiary/aromatic N) is 1. The van der Waals surface area contributed by atoms with Crippen LogP contribution in [-0.2, 0) is 0 Å². The van der Waals surface area contributed by atoms with E-state index >= 15 is 0 Å². The van der Waals surface area contributed by atoms with Gasteiger partial charge in [0.15, 0.2) is 16.9 Å². The molecule has 0 saturated heterocycles. The molecule has 0 aliphatic carbocycles. The molecule has 4 rings (SSSR count). The van der Waals surface area contributed by atoms with Gasteiger partial charge in [0.05, 0.1) is 10.5 Å². The summed E-state index contributed by atoms with van der Waals surface area (Å²) >= 11 is 6.07. The van der Waals surface area contributed by atoms with Crippen molar-refractivity contribution < 1.29 is 13.9 Å². The molecule has 0 saturated carbocycles. The van der Waals surface area contributed by atoms with Crippen molar-refractivity contribution >= 4 is 44.6 Å². The summed E-state index contributed by atoms with van der Waals surface area (Å²) in [5, 5.41) is 11.9. The molecule has 0 atom stereocenters. The average molecular weight is 288 g/mol. The van der Waals surface area contributed by atoms with Crippen LogP contribution in [0.15, 0.2) is 40.8 Å². The number of rotatable bonds is 0. The fraction of sp³-hybridized carbons (Fsp3) is 0. The zero-order valence-corrected chi connectivity index (χ0v) is 10.8. The van der Waals surface area contributed by atoms with E-state index in [-0.39, 0.29) is 11.3 Å². The summed E-state index contributed by atoms with van der Waals surface area (Å²) in [6.07, 6.45) is 0. The second kappa shape index (κ2) is 3.84. The van der Waals surface area contributed by atoms with Gasteiger partial charge in [0, 0.05) is 16.8 Å². The number of hydrogen-bond acceptors (Lipinski definition) is 3. The zero-order chi connectivity index (χ0) is 13.9. The van der Waals surface area contributed by atoms with Gasteiger partial charge in [0.1, 0.15) is 11.3 Å². The summed E-state index contributed by atoms with van der Waals surface area (Å²) in [7, 11) is 0. The van der Waals surface area contributed by atoms with Gasteiger partial charge in [-0.3, -0.25) is 0 Å². The highest BCUT2D eigenvalue weighted by atomic mass is 35.5. The Morgan fingerprint density at radius 3 is 2.80 bits per heavy atom. The lowest BCUT2D eigenvalue weighted by Crippen LogP contribution is -1.83. The number of benzene rings is 2. The Morgan fingerprint density at radius 2 is 1.95 bits per heavy atom. The lowest BCUT2D eigenvalue weighted by Gasteiger charge is -2.01. The Kier molecular flexibility index (Phi) is 2.20. The summed E-state index contributed by atoms with van der Waals surface area (Å²) in [5.41, 5.74) is 1.56. The van der Waals surface area contributed by atoms with Crippen molar-refractivity contribution in [2.75, 3.05) is 0 Å². The number of furan rings is 1. The topological polar surface area (TPSA) is 46.3 Å². The van der Waals surface area contributed by atoms with Crippen LogP contribution in [0.1, 0.15) is 0 Å². The molecule has 0 fully saturated rings. The summed E-state index contributed by atoms with van der Waals surface area (Å²) in [4.78, 5) is 4.38. The van der Waals surface area contributed by atoms with Crippen LogP contribution in [0.4, 0.5) is 4.39 Å². The molecule has 20 heavy (non-hydrogen) atoms. The van der Waals surface area contributed by atoms with Gasteiger partial charge in [0.2, 0.25) is 0 Å². The molecule has 5 heteroatoms. The van der Waals surface area contributed by atoms with Gasteiger partial charge in [-0.15, -0.1) is 0 Å². The lowest BCUT2D eigenvalue weighted by atomic mass is 10.1. The second-order valence-corrected chi connectivity index (χ2v) is 4.93. The fourth-order valence-corrected chi connectivity index (χ4v) is 2.60. The number of halogens is 2. The van der Waals surface area contributed by atoms with Crippen LogP contribution < -0.4 is 0 Å². The first-order valence-electron chi connectivity index (χ1n) is 5.94. The SMILES string of the molecule is Oc1c2ccc(F)cc2nc2c1oc1c(Cl)cccc12. The standard InChI is InChI=1S/C15H7ClFNO2/c16-10-3-1-2-9-12-15(20-14(9)10)13(19)8-5-4-7(17)6-11(8)18-12/h1-6H,(H,18,19). The minimum absolute atomic E-state index is 0.0581. The monoisotopic (exact) mass is 287 g/mol. The minimum atomic E-state index is -0.408. The van der Waals surface area contributed by atoms with Gasteiger partial charge in [-0.1, -0.05) is 17.7 Å². The number of hydrogen-bond donors (Lipinski definition) is 1. The highest BCUT2D eigenvalue weighted by molar-refractivity contribution is 6.35. The number of aromatic hydroxyl groups is 1. The summed E-state index contributed by atoms with van der Waals surface area (Å²) in [6, 6.07) is 9.28. The molecule has 0 amide bonds. The second-order valence-electron chi connectivity index (χ2n) is 4.52. The van der Waals surface area contributed by atoms with E-state index in [0.717, 1.165) is 0 Å². The molecule has 2 aromatic heterocycles. The smallest absolute Gasteiger partial charge is 0.196 e. The highest BCUT2D eigenvalue weighted by Gasteiger charge is 2.17. The number of para-hydroxylation sites is 1. The van der Waals surface area contributed by atoms with Crippen molar-refractivity contribution in [2.24, 2.45) is 0 Å². The van der Waals surface area contributed by atoms with Crippen molar-refractivity contribution in [3.63, 3.8) is 0 Å². The van der Waals surface area contributed by atoms with E-state index in [9.17, 15) is 9.50 Å². The molecule has 1 N–H and O–H groups in total. The van der Waals surface area contributed by atoms with Gasteiger partial charge in [-0.25, -0.2) is 9.37 Å². The van der Waals surface area contributed by atoms with Crippen molar-refractivity contribution in [1.82, 2.24) is 4.98 Å². The van der Waals surface area contributed by atoms with Crippen LogP contribution in [0.5, 0.6) is 5.75 Å². The molecule has 0 aliphatic heterocycles. The summed E-state index contributed by atoms with van der Waals surface area (Å²) < 4.78 is 18.9. The lowest BCUT2D eigenvalue weighted by molar-refractivity contribution is 0.474. The molecule has 2 aromatic carbocycles. The van der Waals surface area contributed by atoms with E-state index in [1.54, 1.807) is 18.2 Å². The van der Waals surface area contributed by atoms with E-state index < -0.39 is 5.82 Å². The maximum Gasteiger partial charge on any atom is 0.196 e. The van der Waals surface area contributed by atoms with Crippen LogP contribution in [0.3, 0.4) is 0 Å². The molecule has 0 spiro atoms. The molecule has 0 radical (unpaired) electrons. The minimum Gasteiger partial charge on any atom is -0.504 e. The zero-order valence-electron chi connectivity index (χ0n) is 10.0. The van der Waals surface area contributed by atoms with E-state index in [4.69, 9.17) is 16.0 Å². The van der Waals surface area contributed by atoms with Crippen LogP contribution in [0.2, 0.25) is 5.02 Å². The Bertz CT molecular complexity index is 994. The predicted octanol–water partition coefficient (Wildman–Crippen LogP) is 4.63. The van der Waals surface area contributed by atoms with E-state index in [1.807, 2.05) is 0 Å². The average Bonchev–Trinajstić information content (AvgIpc) is 2.79. The molecule has 98 valence electrons. The predicted molar refractivity (Wildman–Crippen MR) is 75.7 cm³/mol. The molecule has 0 unspecified atom stereocenters. The Hall–Kier alpha value is -2.33.